The average molecular weight is 436 g/mol. The van der Waals surface area contributed by atoms with Gasteiger partial charge in [-0.3, -0.25) is 10.1 Å². The number of hydrazone groups is 1. The van der Waals surface area contributed by atoms with Gasteiger partial charge >= 0.3 is 0 Å². The largest absolute Gasteiger partial charge is 0.341 e. The minimum Gasteiger partial charge on any atom is -0.341 e. The molecule has 3 aromatic rings. The van der Waals surface area contributed by atoms with Crippen LogP contribution < -0.4 is 15.6 Å². The summed E-state index contributed by atoms with van der Waals surface area (Å²) in [6, 6.07) is 12.2. The minimum atomic E-state index is -0.462. The van der Waals surface area contributed by atoms with E-state index >= 15 is 0 Å². The van der Waals surface area contributed by atoms with Gasteiger partial charge in [0.15, 0.2) is 0 Å². The number of nitrogens with zero attached hydrogens (tertiary/aromatic N) is 6. The van der Waals surface area contributed by atoms with Gasteiger partial charge in [0, 0.05) is 36.5 Å². The van der Waals surface area contributed by atoms with Crippen LogP contribution in [0, 0.1) is 15.9 Å². The summed E-state index contributed by atoms with van der Waals surface area (Å²) in [6.45, 7) is 1.66. The SMILES string of the molecule is O=[N+]([O-])c1ccc(Nc2nc(N/N=C\c3ccccc3F)nc(N3CCCCC3)n2)cc1. The average Bonchev–Trinajstić information content (AvgIpc) is 2.81. The van der Waals surface area contributed by atoms with Gasteiger partial charge in [0.1, 0.15) is 5.82 Å². The molecule has 0 amide bonds. The zero-order chi connectivity index (χ0) is 22.3. The van der Waals surface area contributed by atoms with E-state index in [0.29, 0.717) is 17.2 Å². The number of benzene rings is 2. The number of piperidine rings is 1. The Kier molecular flexibility index (Phi) is 6.44. The van der Waals surface area contributed by atoms with E-state index in [1.54, 1.807) is 30.3 Å². The predicted molar refractivity (Wildman–Crippen MR) is 120 cm³/mol. The highest BCUT2D eigenvalue weighted by Crippen LogP contribution is 2.22. The number of hydrogen-bond donors (Lipinski definition) is 2. The zero-order valence-electron chi connectivity index (χ0n) is 17.1. The van der Waals surface area contributed by atoms with Gasteiger partial charge < -0.3 is 10.2 Å². The number of hydrogen-bond acceptors (Lipinski definition) is 9. The number of rotatable bonds is 7. The van der Waals surface area contributed by atoms with Gasteiger partial charge in [0.05, 0.1) is 11.1 Å². The summed E-state index contributed by atoms with van der Waals surface area (Å²) >= 11 is 0. The Morgan fingerprint density at radius 1 is 1.00 bits per heavy atom. The van der Waals surface area contributed by atoms with Crippen molar-refractivity contribution in [2.45, 2.75) is 19.3 Å². The number of nitro benzene ring substituents is 1. The number of nitrogens with one attached hydrogen (secondary N) is 2. The van der Waals surface area contributed by atoms with Crippen LogP contribution in [0.15, 0.2) is 53.6 Å². The first kappa shape index (κ1) is 21.1. The Hall–Kier alpha value is -4.15. The molecule has 0 atom stereocenters. The van der Waals surface area contributed by atoms with E-state index in [0.717, 1.165) is 32.4 Å². The normalized spacial score (nSPS) is 13.8. The Morgan fingerprint density at radius 3 is 2.44 bits per heavy atom. The molecule has 1 aliphatic heterocycles. The van der Waals surface area contributed by atoms with Gasteiger partial charge in [-0.05, 0) is 37.5 Å². The Bertz CT molecular complexity index is 1120. The van der Waals surface area contributed by atoms with Crippen LogP contribution in [0.4, 0.5) is 33.6 Å². The molecule has 0 bridgehead atoms. The smallest absolute Gasteiger partial charge is 0.269 e. The van der Waals surface area contributed by atoms with Crippen LogP contribution in [0.5, 0.6) is 0 Å². The molecular formula is C21H21FN8O2. The number of nitro groups is 1. The van der Waals surface area contributed by atoms with Gasteiger partial charge in [0.25, 0.3) is 5.69 Å². The summed E-state index contributed by atoms with van der Waals surface area (Å²) in [6.07, 6.45) is 4.60. The molecule has 0 aliphatic carbocycles. The maximum Gasteiger partial charge on any atom is 0.269 e. The highest BCUT2D eigenvalue weighted by atomic mass is 19.1. The molecule has 1 fully saturated rings. The third-order valence-corrected chi connectivity index (χ3v) is 4.87. The molecule has 1 aliphatic rings. The Morgan fingerprint density at radius 2 is 1.72 bits per heavy atom. The van der Waals surface area contributed by atoms with E-state index in [1.165, 1.54) is 24.4 Å². The molecule has 32 heavy (non-hydrogen) atoms. The monoisotopic (exact) mass is 436 g/mol. The summed E-state index contributed by atoms with van der Waals surface area (Å²) in [5.74, 6) is 0.562. The number of non-ortho nitro benzene ring substituents is 1. The third kappa shape index (κ3) is 5.31. The van der Waals surface area contributed by atoms with Crippen molar-refractivity contribution in [2.24, 2.45) is 5.10 Å². The lowest BCUT2D eigenvalue weighted by Gasteiger charge is -2.26. The van der Waals surface area contributed by atoms with E-state index in [-0.39, 0.29) is 23.4 Å². The zero-order valence-corrected chi connectivity index (χ0v) is 17.1. The number of aromatic nitrogens is 3. The summed E-state index contributed by atoms with van der Waals surface area (Å²) in [5.41, 5.74) is 3.64. The molecule has 0 saturated carbocycles. The van der Waals surface area contributed by atoms with Crippen molar-refractivity contribution >= 4 is 35.4 Å². The van der Waals surface area contributed by atoms with Crippen LogP contribution in [0.25, 0.3) is 0 Å². The van der Waals surface area contributed by atoms with Crippen molar-refractivity contribution in [3.05, 3.63) is 70.0 Å². The van der Waals surface area contributed by atoms with Crippen molar-refractivity contribution in [3.63, 3.8) is 0 Å². The molecule has 2 heterocycles. The highest BCUT2D eigenvalue weighted by Gasteiger charge is 2.16. The molecule has 164 valence electrons. The van der Waals surface area contributed by atoms with Crippen LogP contribution in [0.1, 0.15) is 24.8 Å². The molecule has 2 aromatic carbocycles. The van der Waals surface area contributed by atoms with Gasteiger partial charge in [-0.1, -0.05) is 18.2 Å². The number of halogens is 1. The molecule has 11 heteroatoms. The molecule has 2 N–H and O–H groups in total. The van der Waals surface area contributed by atoms with E-state index < -0.39 is 4.92 Å². The first-order valence-corrected chi connectivity index (χ1v) is 10.1. The second kappa shape index (κ2) is 9.77. The molecular weight excluding hydrogens is 415 g/mol. The topological polar surface area (TPSA) is 121 Å². The first-order valence-electron chi connectivity index (χ1n) is 10.1. The third-order valence-electron chi connectivity index (χ3n) is 4.87. The van der Waals surface area contributed by atoms with Crippen LogP contribution in [-0.2, 0) is 0 Å². The molecule has 0 unspecified atom stereocenters. The van der Waals surface area contributed by atoms with Gasteiger partial charge in [0.2, 0.25) is 17.8 Å². The molecule has 1 aromatic heterocycles. The first-order chi connectivity index (χ1) is 15.6. The number of anilines is 4. The van der Waals surface area contributed by atoms with Crippen LogP contribution in [-0.4, -0.2) is 39.2 Å². The molecule has 4 rings (SSSR count). The van der Waals surface area contributed by atoms with Crippen LogP contribution in [0.3, 0.4) is 0 Å². The van der Waals surface area contributed by atoms with E-state index in [1.807, 2.05) is 0 Å². The molecule has 10 nitrogen and oxygen atoms in total. The fourth-order valence-corrected chi connectivity index (χ4v) is 3.24. The Labute approximate surface area is 183 Å². The maximum atomic E-state index is 13.8. The second-order valence-electron chi connectivity index (χ2n) is 7.15. The van der Waals surface area contributed by atoms with E-state index in [9.17, 15) is 14.5 Å². The lowest BCUT2D eigenvalue weighted by atomic mass is 10.1. The summed E-state index contributed by atoms with van der Waals surface area (Å²) < 4.78 is 13.8. The molecule has 1 saturated heterocycles. The summed E-state index contributed by atoms with van der Waals surface area (Å²) in [7, 11) is 0. The van der Waals surface area contributed by atoms with Crippen LogP contribution in [0.2, 0.25) is 0 Å². The lowest BCUT2D eigenvalue weighted by Crippen LogP contribution is -2.31. The lowest BCUT2D eigenvalue weighted by molar-refractivity contribution is -0.384. The van der Waals surface area contributed by atoms with E-state index in [2.05, 4.69) is 35.7 Å². The van der Waals surface area contributed by atoms with Crippen molar-refractivity contribution in [2.75, 3.05) is 28.7 Å². The predicted octanol–water partition coefficient (Wildman–Crippen LogP) is 4.10. The van der Waals surface area contributed by atoms with Crippen LogP contribution >= 0.6 is 0 Å². The van der Waals surface area contributed by atoms with Gasteiger partial charge in [-0.25, -0.2) is 9.82 Å². The second-order valence-corrected chi connectivity index (χ2v) is 7.15. The van der Waals surface area contributed by atoms with Crippen molar-refractivity contribution in [3.8, 4) is 0 Å². The molecule has 0 radical (unpaired) electrons. The molecule has 0 spiro atoms. The fraction of sp³-hybridized carbons (Fsp3) is 0.238. The quantitative estimate of drug-likeness (QED) is 0.323. The maximum absolute atomic E-state index is 13.8. The highest BCUT2D eigenvalue weighted by molar-refractivity contribution is 5.80. The summed E-state index contributed by atoms with van der Waals surface area (Å²) in [5, 5.41) is 18.0. The Balaban J connectivity index is 1.57. The van der Waals surface area contributed by atoms with Crippen molar-refractivity contribution in [1.29, 1.82) is 0 Å². The van der Waals surface area contributed by atoms with E-state index in [4.69, 9.17) is 0 Å². The van der Waals surface area contributed by atoms with Gasteiger partial charge in [-0.2, -0.15) is 20.1 Å². The fourth-order valence-electron chi connectivity index (χ4n) is 3.24. The minimum absolute atomic E-state index is 0.00922. The summed E-state index contributed by atoms with van der Waals surface area (Å²) in [4.78, 5) is 25.7. The van der Waals surface area contributed by atoms with Gasteiger partial charge in [-0.15, -0.1) is 0 Å². The van der Waals surface area contributed by atoms with Crippen molar-refractivity contribution in [1.82, 2.24) is 15.0 Å². The standard InChI is InChI=1S/C21H21FN8O2/c22-18-7-3-2-6-15(18)14-23-28-20-25-19(24-16-8-10-17(11-9-16)30(31)32)26-21(27-20)29-12-4-1-5-13-29/h2-3,6-11,14H,1,4-5,12-13H2,(H2,24,25,26,27,28)/b23-14-. The van der Waals surface area contributed by atoms with Crippen molar-refractivity contribution < 1.29 is 9.31 Å².